The van der Waals surface area contributed by atoms with E-state index in [-0.39, 0.29) is 5.92 Å². The smallest absolute Gasteiger partial charge is 0.231 e. The number of nitriles is 1. The maximum atomic E-state index is 8.83. The highest BCUT2D eigenvalue weighted by atomic mass is 16.7. The first-order valence-corrected chi connectivity index (χ1v) is 6.32. The molecule has 2 rings (SSSR count). The molecule has 0 spiro atoms. The number of nitrogens with one attached hydrogen (secondary N) is 1. The van der Waals surface area contributed by atoms with Gasteiger partial charge in [0.25, 0.3) is 0 Å². The zero-order valence-electron chi connectivity index (χ0n) is 10.6. The van der Waals surface area contributed by atoms with Gasteiger partial charge in [-0.15, -0.1) is 0 Å². The number of benzene rings is 1. The molecule has 1 aliphatic rings. The minimum atomic E-state index is 0.113. The Hall–Kier alpha value is -1.73. The third kappa shape index (κ3) is 3.14. The number of rotatable bonds is 6. The topological polar surface area (TPSA) is 54.3 Å². The van der Waals surface area contributed by atoms with Gasteiger partial charge in [0.2, 0.25) is 6.79 Å². The Morgan fingerprint density at radius 2 is 2.22 bits per heavy atom. The van der Waals surface area contributed by atoms with Crippen molar-refractivity contribution in [1.29, 1.82) is 5.26 Å². The third-order valence-electron chi connectivity index (χ3n) is 3.09. The number of fused-ring (bicyclic) bond motifs is 1. The Kier molecular flexibility index (Phi) is 4.43. The van der Waals surface area contributed by atoms with E-state index in [1.807, 2.05) is 19.1 Å². The molecule has 0 amide bonds. The van der Waals surface area contributed by atoms with Gasteiger partial charge in [-0.25, -0.2) is 0 Å². The summed E-state index contributed by atoms with van der Waals surface area (Å²) in [5, 5.41) is 12.1. The Morgan fingerprint density at radius 3 is 3.00 bits per heavy atom. The third-order valence-corrected chi connectivity index (χ3v) is 3.09. The van der Waals surface area contributed by atoms with Crippen LogP contribution in [0.15, 0.2) is 18.2 Å². The maximum Gasteiger partial charge on any atom is 0.231 e. The fourth-order valence-electron chi connectivity index (χ4n) is 1.89. The molecule has 1 aromatic rings. The van der Waals surface area contributed by atoms with Gasteiger partial charge in [-0.05, 0) is 37.1 Å². The van der Waals surface area contributed by atoms with Crippen LogP contribution in [0.3, 0.4) is 0 Å². The van der Waals surface area contributed by atoms with Gasteiger partial charge < -0.3 is 14.8 Å². The van der Waals surface area contributed by atoms with Crippen molar-refractivity contribution in [3.8, 4) is 17.6 Å². The van der Waals surface area contributed by atoms with Crippen LogP contribution in [0.4, 0.5) is 0 Å². The van der Waals surface area contributed by atoms with E-state index in [0.717, 1.165) is 37.4 Å². The van der Waals surface area contributed by atoms with Gasteiger partial charge in [-0.2, -0.15) is 5.26 Å². The lowest BCUT2D eigenvalue weighted by Crippen LogP contribution is -2.23. The predicted molar refractivity (Wildman–Crippen MR) is 68.5 cm³/mol. The minimum absolute atomic E-state index is 0.113. The van der Waals surface area contributed by atoms with Crippen molar-refractivity contribution in [2.24, 2.45) is 5.92 Å². The summed E-state index contributed by atoms with van der Waals surface area (Å²) >= 11 is 0. The Labute approximate surface area is 108 Å². The molecule has 4 nitrogen and oxygen atoms in total. The van der Waals surface area contributed by atoms with Gasteiger partial charge in [0, 0.05) is 6.54 Å². The van der Waals surface area contributed by atoms with Gasteiger partial charge in [0.05, 0.1) is 12.0 Å². The first-order valence-electron chi connectivity index (χ1n) is 6.32. The Balaban J connectivity index is 1.76. The Morgan fingerprint density at radius 1 is 1.39 bits per heavy atom. The summed E-state index contributed by atoms with van der Waals surface area (Å²) in [5.74, 6) is 1.76. The van der Waals surface area contributed by atoms with Gasteiger partial charge in [-0.1, -0.05) is 13.0 Å². The monoisotopic (exact) mass is 246 g/mol. The van der Waals surface area contributed by atoms with Crippen molar-refractivity contribution < 1.29 is 9.47 Å². The lowest BCUT2D eigenvalue weighted by atomic mass is 10.1. The highest BCUT2D eigenvalue weighted by Crippen LogP contribution is 2.32. The van der Waals surface area contributed by atoms with Crippen LogP contribution in [0.25, 0.3) is 0 Å². The summed E-state index contributed by atoms with van der Waals surface area (Å²) in [6, 6.07) is 8.30. The maximum absolute atomic E-state index is 8.83. The molecule has 0 saturated heterocycles. The second-order valence-corrected chi connectivity index (χ2v) is 4.38. The van der Waals surface area contributed by atoms with E-state index >= 15 is 0 Å². The summed E-state index contributed by atoms with van der Waals surface area (Å²) in [6.45, 7) is 3.99. The summed E-state index contributed by atoms with van der Waals surface area (Å²) in [7, 11) is 0. The first-order chi connectivity index (χ1) is 8.83. The molecule has 96 valence electrons. The molecule has 0 saturated carbocycles. The zero-order chi connectivity index (χ0) is 12.8. The van der Waals surface area contributed by atoms with E-state index in [2.05, 4.69) is 17.5 Å². The van der Waals surface area contributed by atoms with E-state index in [0.29, 0.717) is 6.79 Å². The van der Waals surface area contributed by atoms with Gasteiger partial charge >= 0.3 is 0 Å². The molecule has 0 aromatic heterocycles. The van der Waals surface area contributed by atoms with E-state index in [9.17, 15) is 0 Å². The normalized spacial score (nSPS) is 14.2. The molecule has 0 fully saturated rings. The van der Waals surface area contributed by atoms with Crippen LogP contribution in [0.5, 0.6) is 11.5 Å². The predicted octanol–water partition coefficient (Wildman–Crippen LogP) is 2.10. The minimum Gasteiger partial charge on any atom is -0.454 e. The van der Waals surface area contributed by atoms with E-state index in [1.54, 1.807) is 0 Å². The molecular formula is C14H18N2O2. The van der Waals surface area contributed by atoms with Crippen molar-refractivity contribution in [3.63, 3.8) is 0 Å². The number of ether oxygens (including phenoxy) is 2. The average molecular weight is 246 g/mol. The number of nitrogens with zero attached hydrogens (tertiary/aromatic N) is 1. The molecule has 1 atom stereocenters. The van der Waals surface area contributed by atoms with Crippen LogP contribution in [0.1, 0.15) is 18.9 Å². The van der Waals surface area contributed by atoms with Crippen LogP contribution in [0, 0.1) is 17.2 Å². The number of hydrogen-bond donors (Lipinski definition) is 1. The molecule has 1 heterocycles. The van der Waals surface area contributed by atoms with Crippen molar-refractivity contribution in [2.45, 2.75) is 19.8 Å². The molecule has 0 radical (unpaired) electrons. The standard InChI is InChI=1S/C14H18N2O2/c1-2-11(8-15)9-16-6-5-12-3-4-13-14(7-12)18-10-17-13/h3-4,7,11,16H,2,5-6,9-10H2,1H3. The quantitative estimate of drug-likeness (QED) is 0.781. The van der Waals surface area contributed by atoms with Crippen LogP contribution >= 0.6 is 0 Å². The van der Waals surface area contributed by atoms with Gasteiger partial charge in [0.1, 0.15) is 0 Å². The van der Waals surface area contributed by atoms with Crippen LogP contribution in [-0.2, 0) is 6.42 Å². The highest BCUT2D eigenvalue weighted by molar-refractivity contribution is 5.44. The van der Waals surface area contributed by atoms with Crippen LogP contribution in [0.2, 0.25) is 0 Å². The Bertz CT molecular complexity index is 440. The van der Waals surface area contributed by atoms with Gasteiger partial charge in [0.15, 0.2) is 11.5 Å². The summed E-state index contributed by atoms with van der Waals surface area (Å²) in [4.78, 5) is 0. The lowest BCUT2D eigenvalue weighted by molar-refractivity contribution is 0.174. The van der Waals surface area contributed by atoms with Crippen LogP contribution < -0.4 is 14.8 Å². The fourth-order valence-corrected chi connectivity index (χ4v) is 1.89. The molecule has 4 heteroatoms. The van der Waals surface area contributed by atoms with Gasteiger partial charge in [-0.3, -0.25) is 0 Å². The van der Waals surface area contributed by atoms with Crippen LogP contribution in [-0.4, -0.2) is 19.9 Å². The summed E-state index contributed by atoms with van der Waals surface area (Å²) < 4.78 is 10.6. The SMILES string of the molecule is CCC(C#N)CNCCc1ccc2c(c1)OCO2. The van der Waals surface area contributed by atoms with Crippen molar-refractivity contribution in [1.82, 2.24) is 5.32 Å². The van der Waals surface area contributed by atoms with E-state index < -0.39 is 0 Å². The summed E-state index contributed by atoms with van der Waals surface area (Å²) in [6.07, 6.45) is 1.83. The average Bonchev–Trinajstić information content (AvgIpc) is 2.86. The molecule has 1 aromatic carbocycles. The molecule has 0 aliphatic carbocycles. The second-order valence-electron chi connectivity index (χ2n) is 4.38. The second kappa shape index (κ2) is 6.27. The largest absolute Gasteiger partial charge is 0.454 e. The first kappa shape index (κ1) is 12.7. The molecule has 18 heavy (non-hydrogen) atoms. The van der Waals surface area contributed by atoms with E-state index in [4.69, 9.17) is 14.7 Å². The fraction of sp³-hybridized carbons (Fsp3) is 0.500. The van der Waals surface area contributed by atoms with Crippen molar-refractivity contribution in [2.75, 3.05) is 19.9 Å². The van der Waals surface area contributed by atoms with Crippen molar-refractivity contribution >= 4 is 0 Å². The zero-order valence-corrected chi connectivity index (χ0v) is 10.6. The molecular weight excluding hydrogens is 228 g/mol. The lowest BCUT2D eigenvalue weighted by Gasteiger charge is -2.08. The van der Waals surface area contributed by atoms with Crippen molar-refractivity contribution in [3.05, 3.63) is 23.8 Å². The molecule has 0 bridgehead atoms. The number of hydrogen-bond acceptors (Lipinski definition) is 4. The molecule has 1 N–H and O–H groups in total. The highest BCUT2D eigenvalue weighted by Gasteiger charge is 2.12. The summed E-state index contributed by atoms with van der Waals surface area (Å²) in [5.41, 5.74) is 1.22. The molecule has 1 unspecified atom stereocenters. The van der Waals surface area contributed by atoms with E-state index in [1.165, 1.54) is 5.56 Å². The molecule has 1 aliphatic heterocycles.